The standard InChI is InChI=1S/C13H15N3O/c14-13(8-12(17)9-13)10-2-4-11(5-3-10)16-7-1-6-15-16/h1-7,12,17H,8-9,14H2. The van der Waals surface area contributed by atoms with Crippen molar-refractivity contribution in [2.45, 2.75) is 24.5 Å². The lowest BCUT2D eigenvalue weighted by atomic mass is 9.71. The zero-order chi connectivity index (χ0) is 11.9. The maximum Gasteiger partial charge on any atom is 0.0645 e. The first-order valence-corrected chi connectivity index (χ1v) is 5.75. The molecule has 1 saturated carbocycles. The van der Waals surface area contributed by atoms with E-state index in [1.807, 2.05) is 41.2 Å². The normalized spacial score (nSPS) is 27.8. The van der Waals surface area contributed by atoms with Gasteiger partial charge in [0.15, 0.2) is 0 Å². The zero-order valence-corrected chi connectivity index (χ0v) is 9.45. The fourth-order valence-electron chi connectivity index (χ4n) is 2.38. The molecule has 0 saturated heterocycles. The molecule has 1 aromatic carbocycles. The fraction of sp³-hybridized carbons (Fsp3) is 0.308. The molecule has 3 rings (SSSR count). The smallest absolute Gasteiger partial charge is 0.0645 e. The van der Waals surface area contributed by atoms with Gasteiger partial charge < -0.3 is 10.8 Å². The highest BCUT2D eigenvalue weighted by Crippen LogP contribution is 2.39. The molecule has 17 heavy (non-hydrogen) atoms. The number of aliphatic hydroxyl groups excluding tert-OH is 1. The summed E-state index contributed by atoms with van der Waals surface area (Å²) >= 11 is 0. The van der Waals surface area contributed by atoms with Crippen molar-refractivity contribution in [3.63, 3.8) is 0 Å². The van der Waals surface area contributed by atoms with Gasteiger partial charge in [0.2, 0.25) is 0 Å². The highest BCUT2D eigenvalue weighted by atomic mass is 16.3. The van der Waals surface area contributed by atoms with Gasteiger partial charge in [0.1, 0.15) is 0 Å². The fourth-order valence-corrected chi connectivity index (χ4v) is 2.38. The number of aromatic nitrogens is 2. The molecular weight excluding hydrogens is 214 g/mol. The van der Waals surface area contributed by atoms with E-state index in [-0.39, 0.29) is 11.6 Å². The lowest BCUT2D eigenvalue weighted by molar-refractivity contribution is 0.0209. The van der Waals surface area contributed by atoms with E-state index in [4.69, 9.17) is 5.73 Å². The molecule has 1 fully saturated rings. The van der Waals surface area contributed by atoms with E-state index >= 15 is 0 Å². The molecule has 3 N–H and O–H groups in total. The summed E-state index contributed by atoms with van der Waals surface area (Å²) in [6, 6.07) is 9.93. The van der Waals surface area contributed by atoms with Crippen LogP contribution in [0.5, 0.6) is 0 Å². The average molecular weight is 229 g/mol. The molecule has 2 aromatic rings. The lowest BCUT2D eigenvalue weighted by Gasteiger charge is -2.42. The van der Waals surface area contributed by atoms with E-state index < -0.39 is 0 Å². The second-order valence-corrected chi connectivity index (χ2v) is 4.72. The number of aliphatic hydroxyl groups is 1. The van der Waals surface area contributed by atoms with Crippen LogP contribution in [0.1, 0.15) is 18.4 Å². The van der Waals surface area contributed by atoms with Crippen molar-refractivity contribution < 1.29 is 5.11 Å². The van der Waals surface area contributed by atoms with Gasteiger partial charge in [-0.15, -0.1) is 0 Å². The van der Waals surface area contributed by atoms with E-state index in [1.165, 1.54) is 0 Å². The summed E-state index contributed by atoms with van der Waals surface area (Å²) in [4.78, 5) is 0. The zero-order valence-electron chi connectivity index (χ0n) is 9.45. The minimum Gasteiger partial charge on any atom is -0.393 e. The maximum atomic E-state index is 9.36. The van der Waals surface area contributed by atoms with Crippen LogP contribution in [0.25, 0.3) is 5.69 Å². The predicted octanol–water partition coefficient (Wildman–Crippen LogP) is 1.18. The van der Waals surface area contributed by atoms with Crippen molar-refractivity contribution >= 4 is 0 Å². The van der Waals surface area contributed by atoms with Gasteiger partial charge in [0, 0.05) is 17.9 Å². The molecule has 88 valence electrons. The molecule has 0 aliphatic heterocycles. The van der Waals surface area contributed by atoms with Crippen molar-refractivity contribution in [1.82, 2.24) is 9.78 Å². The Kier molecular flexibility index (Phi) is 2.28. The summed E-state index contributed by atoms with van der Waals surface area (Å²) in [5.74, 6) is 0. The number of benzene rings is 1. The molecule has 4 heteroatoms. The average Bonchev–Trinajstić information content (AvgIpc) is 2.81. The van der Waals surface area contributed by atoms with Crippen molar-refractivity contribution in [2.75, 3.05) is 0 Å². The van der Waals surface area contributed by atoms with Gasteiger partial charge >= 0.3 is 0 Å². The van der Waals surface area contributed by atoms with Crippen LogP contribution < -0.4 is 5.73 Å². The van der Waals surface area contributed by atoms with E-state index in [9.17, 15) is 5.11 Å². The van der Waals surface area contributed by atoms with Crippen molar-refractivity contribution in [3.8, 4) is 5.69 Å². The molecule has 4 nitrogen and oxygen atoms in total. The third-order valence-electron chi connectivity index (χ3n) is 3.41. The number of nitrogens with zero attached hydrogens (tertiary/aromatic N) is 2. The van der Waals surface area contributed by atoms with Crippen molar-refractivity contribution in [1.29, 1.82) is 0 Å². The molecule has 1 aromatic heterocycles. The van der Waals surface area contributed by atoms with E-state index in [2.05, 4.69) is 5.10 Å². The third-order valence-corrected chi connectivity index (χ3v) is 3.41. The van der Waals surface area contributed by atoms with Crippen molar-refractivity contribution in [2.24, 2.45) is 5.73 Å². The van der Waals surface area contributed by atoms with Gasteiger partial charge in [-0.1, -0.05) is 12.1 Å². The first kappa shape index (κ1) is 10.5. The van der Waals surface area contributed by atoms with Crippen molar-refractivity contribution in [3.05, 3.63) is 48.3 Å². The predicted molar refractivity (Wildman–Crippen MR) is 64.7 cm³/mol. The quantitative estimate of drug-likeness (QED) is 0.812. The molecule has 0 atom stereocenters. The van der Waals surface area contributed by atoms with Crippen LogP contribution in [-0.4, -0.2) is 21.0 Å². The first-order chi connectivity index (χ1) is 8.17. The molecule has 1 heterocycles. The highest BCUT2D eigenvalue weighted by Gasteiger charge is 2.41. The largest absolute Gasteiger partial charge is 0.393 e. The van der Waals surface area contributed by atoms with Crippen LogP contribution in [0, 0.1) is 0 Å². The van der Waals surface area contributed by atoms with Gasteiger partial charge in [-0.2, -0.15) is 5.10 Å². The Morgan fingerprint density at radius 3 is 2.53 bits per heavy atom. The van der Waals surface area contributed by atoms with E-state index in [1.54, 1.807) is 6.20 Å². The second-order valence-electron chi connectivity index (χ2n) is 4.72. The highest BCUT2D eigenvalue weighted by molar-refractivity contribution is 5.37. The molecule has 1 aliphatic rings. The topological polar surface area (TPSA) is 64.1 Å². The van der Waals surface area contributed by atoms with Crippen LogP contribution in [-0.2, 0) is 5.54 Å². The molecular formula is C13H15N3O. The Balaban J connectivity index is 1.86. The minimum absolute atomic E-state index is 0.245. The molecule has 0 radical (unpaired) electrons. The summed E-state index contributed by atoms with van der Waals surface area (Å²) in [6.07, 6.45) is 4.70. The molecule has 0 bridgehead atoms. The van der Waals surface area contributed by atoms with Gasteiger partial charge in [-0.3, -0.25) is 0 Å². The summed E-state index contributed by atoms with van der Waals surface area (Å²) in [5, 5.41) is 13.5. The Hall–Kier alpha value is -1.65. The van der Waals surface area contributed by atoms with Crippen LogP contribution in [0.4, 0.5) is 0 Å². The molecule has 0 spiro atoms. The van der Waals surface area contributed by atoms with Gasteiger partial charge in [-0.05, 0) is 36.6 Å². The number of nitrogens with two attached hydrogens (primary N) is 1. The van der Waals surface area contributed by atoms with E-state index in [0.29, 0.717) is 12.8 Å². The lowest BCUT2D eigenvalue weighted by Crippen LogP contribution is -2.51. The Morgan fingerprint density at radius 2 is 2.00 bits per heavy atom. The summed E-state index contributed by atoms with van der Waals surface area (Å²) < 4.78 is 1.81. The van der Waals surface area contributed by atoms with Crippen LogP contribution in [0.15, 0.2) is 42.7 Å². The first-order valence-electron chi connectivity index (χ1n) is 5.75. The van der Waals surface area contributed by atoms with Gasteiger partial charge in [-0.25, -0.2) is 4.68 Å². The summed E-state index contributed by atoms with van der Waals surface area (Å²) in [5.41, 5.74) is 7.95. The monoisotopic (exact) mass is 229 g/mol. The van der Waals surface area contributed by atoms with Gasteiger partial charge in [0.05, 0.1) is 11.8 Å². The summed E-state index contributed by atoms with van der Waals surface area (Å²) in [7, 11) is 0. The maximum absolute atomic E-state index is 9.36. The molecule has 0 amide bonds. The Morgan fingerprint density at radius 1 is 1.29 bits per heavy atom. The van der Waals surface area contributed by atoms with Crippen LogP contribution >= 0.6 is 0 Å². The Bertz CT molecular complexity index is 498. The number of hydrogen-bond acceptors (Lipinski definition) is 3. The van der Waals surface area contributed by atoms with Crippen LogP contribution in [0.2, 0.25) is 0 Å². The number of hydrogen-bond donors (Lipinski definition) is 2. The molecule has 1 aliphatic carbocycles. The van der Waals surface area contributed by atoms with E-state index in [0.717, 1.165) is 11.3 Å². The second kappa shape index (κ2) is 3.68. The SMILES string of the molecule is NC1(c2ccc(-n3cccn3)cc2)CC(O)C1. The van der Waals surface area contributed by atoms with Gasteiger partial charge in [0.25, 0.3) is 0 Å². The minimum atomic E-state index is -0.345. The molecule has 0 unspecified atom stereocenters. The third kappa shape index (κ3) is 1.75. The Labute approximate surface area is 99.7 Å². The van der Waals surface area contributed by atoms with Crippen LogP contribution in [0.3, 0.4) is 0 Å². The number of rotatable bonds is 2. The summed E-state index contributed by atoms with van der Waals surface area (Å²) in [6.45, 7) is 0.